The smallest absolute Gasteiger partial charge is 0.232 e. The van der Waals surface area contributed by atoms with E-state index in [0.717, 1.165) is 0 Å². The fourth-order valence-electron chi connectivity index (χ4n) is 1.23. The highest BCUT2D eigenvalue weighted by Crippen LogP contribution is 2.26. The predicted molar refractivity (Wildman–Crippen MR) is 65.4 cm³/mol. The molecule has 0 aromatic heterocycles. The van der Waals surface area contributed by atoms with E-state index in [-0.39, 0.29) is 22.4 Å². The number of benzene rings is 1. The third-order valence-electron chi connectivity index (χ3n) is 1.77. The van der Waals surface area contributed by atoms with Crippen molar-refractivity contribution in [3.63, 3.8) is 0 Å². The molecule has 1 aromatic carbocycles. The molecule has 90 valence electrons. The second-order valence-electron chi connectivity index (χ2n) is 3.94. The Morgan fingerprint density at radius 3 is 2.56 bits per heavy atom. The molecule has 0 aliphatic carbocycles. The summed E-state index contributed by atoms with van der Waals surface area (Å²) in [5, 5.41) is 9.29. The molecule has 0 saturated carbocycles. The molecule has 0 aliphatic rings. The average Bonchev–Trinajstić information content (AvgIpc) is 2.08. The van der Waals surface area contributed by atoms with E-state index in [9.17, 15) is 13.5 Å². The third-order valence-corrected chi connectivity index (χ3v) is 3.73. The lowest BCUT2D eigenvalue weighted by Gasteiger charge is -2.10. The Hall–Kier alpha value is -0.940. The highest BCUT2D eigenvalue weighted by molar-refractivity contribution is 7.92. The van der Waals surface area contributed by atoms with Crippen LogP contribution in [0.25, 0.3) is 0 Å². The fourth-order valence-corrected chi connectivity index (χ4v) is 2.86. The van der Waals surface area contributed by atoms with Crippen molar-refractivity contribution in [1.82, 2.24) is 0 Å². The van der Waals surface area contributed by atoms with Gasteiger partial charge < -0.3 is 5.11 Å². The number of anilines is 1. The molecule has 16 heavy (non-hydrogen) atoms. The summed E-state index contributed by atoms with van der Waals surface area (Å²) in [6.45, 7) is 3.64. The molecule has 0 radical (unpaired) electrons. The fraction of sp³-hybridized carbons (Fsp3) is 0.400. The van der Waals surface area contributed by atoms with Crippen LogP contribution < -0.4 is 4.72 Å². The summed E-state index contributed by atoms with van der Waals surface area (Å²) >= 11 is 5.66. The van der Waals surface area contributed by atoms with E-state index in [1.165, 1.54) is 18.2 Å². The first-order valence-corrected chi connectivity index (χ1v) is 6.82. The van der Waals surface area contributed by atoms with Crippen LogP contribution >= 0.6 is 11.6 Å². The summed E-state index contributed by atoms with van der Waals surface area (Å²) in [4.78, 5) is 0. The molecule has 0 bridgehead atoms. The summed E-state index contributed by atoms with van der Waals surface area (Å²) in [5.41, 5.74) is 0.350. The number of phenols is 1. The molecule has 0 spiro atoms. The van der Waals surface area contributed by atoms with Crippen LogP contribution in [0.1, 0.15) is 13.8 Å². The molecule has 2 N–H and O–H groups in total. The summed E-state index contributed by atoms with van der Waals surface area (Å²) in [7, 11) is -3.35. The molecule has 4 nitrogen and oxygen atoms in total. The summed E-state index contributed by atoms with van der Waals surface area (Å²) in [6.07, 6.45) is 0. The first-order valence-electron chi connectivity index (χ1n) is 4.79. The summed E-state index contributed by atoms with van der Waals surface area (Å²) in [5.74, 6) is 0.0180. The maximum atomic E-state index is 11.6. The Balaban J connectivity index is 2.84. The van der Waals surface area contributed by atoms with Crippen molar-refractivity contribution in [1.29, 1.82) is 0 Å². The second-order valence-corrected chi connectivity index (χ2v) is 6.12. The number of sulfonamides is 1. The Morgan fingerprint density at radius 2 is 2.06 bits per heavy atom. The third kappa shape index (κ3) is 3.90. The molecular formula is C10H14ClNO3S. The maximum absolute atomic E-state index is 11.6. The van der Waals surface area contributed by atoms with Crippen LogP contribution in [0, 0.1) is 5.92 Å². The Kier molecular flexibility index (Phi) is 4.04. The van der Waals surface area contributed by atoms with Crippen molar-refractivity contribution in [3.05, 3.63) is 23.2 Å². The first kappa shape index (κ1) is 13.1. The van der Waals surface area contributed by atoms with Gasteiger partial charge in [0.15, 0.2) is 0 Å². The zero-order chi connectivity index (χ0) is 12.3. The highest BCUT2D eigenvalue weighted by Gasteiger charge is 2.13. The molecule has 0 atom stereocenters. The first-order chi connectivity index (χ1) is 7.30. The maximum Gasteiger partial charge on any atom is 0.232 e. The van der Waals surface area contributed by atoms with Gasteiger partial charge in [-0.25, -0.2) is 8.42 Å². The van der Waals surface area contributed by atoms with Gasteiger partial charge in [0, 0.05) is 0 Å². The van der Waals surface area contributed by atoms with Crippen LogP contribution in [0.3, 0.4) is 0 Å². The van der Waals surface area contributed by atoms with Crippen LogP contribution in [0.2, 0.25) is 5.02 Å². The highest BCUT2D eigenvalue weighted by atomic mass is 35.5. The van der Waals surface area contributed by atoms with Gasteiger partial charge in [0.25, 0.3) is 0 Å². The SMILES string of the molecule is CC(C)CS(=O)(=O)Nc1ccc(O)c(Cl)c1. The number of nitrogens with one attached hydrogen (secondary N) is 1. The number of hydrogen-bond donors (Lipinski definition) is 2. The van der Waals surface area contributed by atoms with E-state index < -0.39 is 10.0 Å². The van der Waals surface area contributed by atoms with Crippen molar-refractivity contribution in [3.8, 4) is 5.75 Å². The Bertz CT molecular complexity index is 471. The van der Waals surface area contributed by atoms with E-state index in [0.29, 0.717) is 5.69 Å². The molecule has 1 aromatic rings. The van der Waals surface area contributed by atoms with Gasteiger partial charge in [-0.15, -0.1) is 0 Å². The standard InChI is InChI=1S/C10H14ClNO3S/c1-7(2)6-16(14,15)12-8-3-4-10(13)9(11)5-8/h3-5,7,12-13H,6H2,1-2H3. The van der Waals surface area contributed by atoms with E-state index in [4.69, 9.17) is 11.6 Å². The van der Waals surface area contributed by atoms with Crippen LogP contribution in [0.15, 0.2) is 18.2 Å². The van der Waals surface area contributed by atoms with E-state index in [1.807, 2.05) is 13.8 Å². The van der Waals surface area contributed by atoms with E-state index in [1.54, 1.807) is 0 Å². The molecule has 1 rings (SSSR count). The van der Waals surface area contributed by atoms with Crippen molar-refractivity contribution in [2.45, 2.75) is 13.8 Å². The van der Waals surface area contributed by atoms with E-state index >= 15 is 0 Å². The van der Waals surface area contributed by atoms with E-state index in [2.05, 4.69) is 4.72 Å². The van der Waals surface area contributed by atoms with Crippen molar-refractivity contribution < 1.29 is 13.5 Å². The molecule has 0 fully saturated rings. The monoisotopic (exact) mass is 263 g/mol. The number of halogens is 1. The van der Waals surface area contributed by atoms with Crippen molar-refractivity contribution in [2.24, 2.45) is 5.92 Å². The van der Waals surface area contributed by atoms with Gasteiger partial charge in [0.1, 0.15) is 5.75 Å². The van der Waals surface area contributed by atoms with Crippen molar-refractivity contribution in [2.75, 3.05) is 10.5 Å². The zero-order valence-corrected chi connectivity index (χ0v) is 10.6. The van der Waals surface area contributed by atoms with Gasteiger partial charge in [0.2, 0.25) is 10.0 Å². The lowest BCUT2D eigenvalue weighted by Crippen LogP contribution is -2.19. The summed E-state index contributed by atoms with van der Waals surface area (Å²) in [6, 6.07) is 4.17. The topological polar surface area (TPSA) is 66.4 Å². The number of rotatable bonds is 4. The predicted octanol–water partition coefficient (Wildman–Crippen LogP) is 2.44. The van der Waals surface area contributed by atoms with Crippen LogP contribution in [-0.2, 0) is 10.0 Å². The molecular weight excluding hydrogens is 250 g/mol. The molecule has 0 unspecified atom stereocenters. The van der Waals surface area contributed by atoms with Gasteiger partial charge in [-0.1, -0.05) is 25.4 Å². The number of aromatic hydroxyl groups is 1. The minimum atomic E-state index is -3.35. The molecule has 0 amide bonds. The lowest BCUT2D eigenvalue weighted by atomic mass is 10.3. The van der Waals surface area contributed by atoms with Gasteiger partial charge in [-0.2, -0.15) is 0 Å². The lowest BCUT2D eigenvalue weighted by molar-refractivity contribution is 0.475. The minimum Gasteiger partial charge on any atom is -0.506 e. The Morgan fingerprint density at radius 1 is 1.44 bits per heavy atom. The van der Waals surface area contributed by atoms with Gasteiger partial charge in [-0.3, -0.25) is 4.72 Å². The number of phenolic OH excluding ortho intramolecular Hbond substituents is 1. The van der Waals surface area contributed by atoms with Crippen LogP contribution in [-0.4, -0.2) is 19.3 Å². The number of hydrogen-bond acceptors (Lipinski definition) is 3. The zero-order valence-electron chi connectivity index (χ0n) is 9.07. The Labute approximate surface area is 100 Å². The quantitative estimate of drug-likeness (QED) is 0.820. The average molecular weight is 264 g/mol. The van der Waals surface area contributed by atoms with Crippen LogP contribution in [0.4, 0.5) is 5.69 Å². The van der Waals surface area contributed by atoms with Gasteiger partial charge in [0.05, 0.1) is 16.5 Å². The molecule has 6 heteroatoms. The molecule has 0 heterocycles. The minimum absolute atomic E-state index is 0.0464. The second kappa shape index (κ2) is 4.93. The van der Waals surface area contributed by atoms with Crippen molar-refractivity contribution >= 4 is 27.3 Å². The summed E-state index contributed by atoms with van der Waals surface area (Å²) < 4.78 is 25.6. The van der Waals surface area contributed by atoms with Gasteiger partial charge in [-0.05, 0) is 24.1 Å². The van der Waals surface area contributed by atoms with Gasteiger partial charge >= 0.3 is 0 Å². The molecule has 0 aliphatic heterocycles. The largest absolute Gasteiger partial charge is 0.506 e. The van der Waals surface area contributed by atoms with Crippen LogP contribution in [0.5, 0.6) is 5.75 Å². The normalized spacial score (nSPS) is 11.8. The molecule has 0 saturated heterocycles.